The van der Waals surface area contributed by atoms with Crippen molar-refractivity contribution in [3.63, 3.8) is 0 Å². The zero-order chi connectivity index (χ0) is 7.44. The molecule has 0 radical (unpaired) electrons. The van der Waals surface area contributed by atoms with Crippen molar-refractivity contribution in [2.24, 2.45) is 11.7 Å². The van der Waals surface area contributed by atoms with Crippen molar-refractivity contribution in [2.75, 3.05) is 0 Å². The van der Waals surface area contributed by atoms with Crippen LogP contribution in [-0.4, -0.2) is 17.1 Å². The van der Waals surface area contributed by atoms with Gasteiger partial charge in [0.05, 0.1) is 0 Å². The number of carbonyl (C=O) groups is 1. The topological polar surface area (TPSA) is 63.3 Å². The summed E-state index contributed by atoms with van der Waals surface area (Å²) in [5.41, 5.74) is 5.22. The Bertz CT molecular complexity index is 109. The zero-order valence-corrected chi connectivity index (χ0v) is 8.24. The van der Waals surface area contributed by atoms with Gasteiger partial charge in [-0.2, -0.15) is 0 Å². The van der Waals surface area contributed by atoms with Crippen LogP contribution in [0.3, 0.4) is 0 Å². The molecule has 0 aromatic rings. The molecule has 0 amide bonds. The summed E-state index contributed by atoms with van der Waals surface area (Å²) in [7, 11) is 0. The molecule has 1 atom stereocenters. The molecular formula is C6H15Cl2NO2. The zero-order valence-electron chi connectivity index (χ0n) is 6.61. The highest BCUT2D eigenvalue weighted by atomic mass is 35.5. The molecule has 0 rings (SSSR count). The molecule has 5 heteroatoms. The maximum absolute atomic E-state index is 10.1. The molecule has 0 aliphatic heterocycles. The highest BCUT2D eigenvalue weighted by Crippen LogP contribution is 2.01. The average Bonchev–Trinajstić information content (AvgIpc) is 1.63. The minimum Gasteiger partial charge on any atom is -0.480 e. The van der Waals surface area contributed by atoms with Gasteiger partial charge < -0.3 is 10.8 Å². The Morgan fingerprint density at radius 3 is 1.91 bits per heavy atom. The molecule has 0 aromatic heterocycles. The SMILES string of the molecule is CC(C)C[C@H](N)C(=O)O.Cl.Cl. The molecular weight excluding hydrogens is 189 g/mol. The largest absolute Gasteiger partial charge is 0.480 e. The van der Waals surface area contributed by atoms with Gasteiger partial charge in [0.25, 0.3) is 0 Å². The fourth-order valence-electron chi connectivity index (χ4n) is 0.609. The molecule has 0 saturated carbocycles. The van der Waals surface area contributed by atoms with E-state index in [1.807, 2.05) is 13.8 Å². The molecule has 0 unspecified atom stereocenters. The van der Waals surface area contributed by atoms with E-state index in [9.17, 15) is 4.79 Å². The summed E-state index contributed by atoms with van der Waals surface area (Å²) >= 11 is 0. The third kappa shape index (κ3) is 10.0. The Labute approximate surface area is 79.2 Å². The summed E-state index contributed by atoms with van der Waals surface area (Å²) in [5.74, 6) is -0.556. The van der Waals surface area contributed by atoms with Crippen LogP contribution in [0.25, 0.3) is 0 Å². The lowest BCUT2D eigenvalue weighted by Gasteiger charge is -2.07. The van der Waals surface area contributed by atoms with Crippen LogP contribution in [0.1, 0.15) is 20.3 Å². The number of carboxylic acids is 1. The lowest BCUT2D eigenvalue weighted by Crippen LogP contribution is -2.31. The number of aliphatic carboxylic acids is 1. The normalized spacial score (nSPS) is 11.3. The van der Waals surface area contributed by atoms with Crippen LogP contribution >= 0.6 is 24.8 Å². The standard InChI is InChI=1S/C6H13NO2.2ClH/c1-4(2)3-5(7)6(8)9;;/h4-5H,3,7H2,1-2H3,(H,8,9);2*1H/t5-;;/m0../s1. The van der Waals surface area contributed by atoms with E-state index in [1.54, 1.807) is 0 Å². The van der Waals surface area contributed by atoms with Crippen molar-refractivity contribution < 1.29 is 9.90 Å². The first-order valence-electron chi connectivity index (χ1n) is 3.02. The van der Waals surface area contributed by atoms with Crippen LogP contribution in [0.2, 0.25) is 0 Å². The van der Waals surface area contributed by atoms with Crippen molar-refractivity contribution >= 4 is 30.8 Å². The van der Waals surface area contributed by atoms with Crippen LogP contribution in [0.4, 0.5) is 0 Å². The first-order valence-corrected chi connectivity index (χ1v) is 3.02. The van der Waals surface area contributed by atoms with Gasteiger partial charge in [-0.05, 0) is 12.3 Å². The maximum Gasteiger partial charge on any atom is 0.320 e. The fraction of sp³-hybridized carbons (Fsp3) is 0.833. The van der Waals surface area contributed by atoms with Crippen molar-refractivity contribution in [3.05, 3.63) is 0 Å². The van der Waals surface area contributed by atoms with E-state index in [0.717, 1.165) is 0 Å². The maximum atomic E-state index is 10.1. The van der Waals surface area contributed by atoms with Gasteiger partial charge in [0, 0.05) is 0 Å². The molecule has 70 valence electrons. The molecule has 3 N–H and O–H groups in total. The molecule has 0 aromatic carbocycles. The summed E-state index contributed by atoms with van der Waals surface area (Å²) in [6.45, 7) is 3.89. The van der Waals surface area contributed by atoms with Gasteiger partial charge in [-0.3, -0.25) is 4.79 Å². The van der Waals surface area contributed by atoms with Crippen molar-refractivity contribution in [1.82, 2.24) is 0 Å². The van der Waals surface area contributed by atoms with Gasteiger partial charge >= 0.3 is 5.97 Å². The van der Waals surface area contributed by atoms with Gasteiger partial charge in [0.2, 0.25) is 0 Å². The summed E-state index contributed by atoms with van der Waals surface area (Å²) < 4.78 is 0. The highest BCUT2D eigenvalue weighted by Gasteiger charge is 2.11. The first kappa shape index (κ1) is 17.2. The van der Waals surface area contributed by atoms with E-state index in [-0.39, 0.29) is 24.8 Å². The molecule has 0 heterocycles. The summed E-state index contributed by atoms with van der Waals surface area (Å²) in [6.07, 6.45) is 0.551. The number of rotatable bonds is 3. The molecule has 0 aliphatic rings. The van der Waals surface area contributed by atoms with Crippen LogP contribution in [0.5, 0.6) is 0 Å². The predicted molar refractivity (Wildman–Crippen MR) is 49.6 cm³/mol. The van der Waals surface area contributed by atoms with Crippen molar-refractivity contribution in [2.45, 2.75) is 26.3 Å². The van der Waals surface area contributed by atoms with Crippen molar-refractivity contribution in [3.8, 4) is 0 Å². The predicted octanol–water partition coefficient (Wildman–Crippen LogP) is 1.29. The number of nitrogens with two attached hydrogens (primary N) is 1. The third-order valence-corrected chi connectivity index (χ3v) is 1.04. The van der Waals surface area contributed by atoms with Gasteiger partial charge in [0.1, 0.15) is 6.04 Å². The number of hydrogen-bond donors (Lipinski definition) is 2. The third-order valence-electron chi connectivity index (χ3n) is 1.04. The summed E-state index contributed by atoms with van der Waals surface area (Å²) in [4.78, 5) is 10.1. The van der Waals surface area contributed by atoms with Gasteiger partial charge in [-0.25, -0.2) is 0 Å². The van der Waals surface area contributed by atoms with E-state index >= 15 is 0 Å². The second kappa shape index (κ2) is 8.11. The molecule has 0 aliphatic carbocycles. The molecule has 3 nitrogen and oxygen atoms in total. The number of halogens is 2. The van der Waals surface area contributed by atoms with Crippen LogP contribution in [0.15, 0.2) is 0 Å². The van der Waals surface area contributed by atoms with E-state index in [0.29, 0.717) is 12.3 Å². The minimum atomic E-state index is -0.913. The van der Waals surface area contributed by atoms with Crippen molar-refractivity contribution in [1.29, 1.82) is 0 Å². The quantitative estimate of drug-likeness (QED) is 0.727. The van der Waals surface area contributed by atoms with E-state index in [4.69, 9.17) is 10.8 Å². The Balaban J connectivity index is -0.000000320. The Hall–Kier alpha value is 0.01000. The minimum absolute atomic E-state index is 0. The lowest BCUT2D eigenvalue weighted by atomic mass is 10.1. The van der Waals surface area contributed by atoms with Gasteiger partial charge in [-0.15, -0.1) is 24.8 Å². The highest BCUT2D eigenvalue weighted by molar-refractivity contribution is 5.85. The summed E-state index contributed by atoms with van der Waals surface area (Å²) in [5, 5.41) is 8.31. The first-order chi connectivity index (χ1) is 4.04. The average molecular weight is 204 g/mol. The van der Waals surface area contributed by atoms with Gasteiger partial charge in [0.15, 0.2) is 0 Å². The second-order valence-corrected chi connectivity index (χ2v) is 2.57. The fourth-order valence-corrected chi connectivity index (χ4v) is 0.609. The molecule has 0 fully saturated rings. The smallest absolute Gasteiger partial charge is 0.320 e. The molecule has 11 heavy (non-hydrogen) atoms. The summed E-state index contributed by atoms with van der Waals surface area (Å²) in [6, 6.07) is -0.690. The van der Waals surface area contributed by atoms with Gasteiger partial charge in [-0.1, -0.05) is 13.8 Å². The van der Waals surface area contributed by atoms with E-state index in [1.165, 1.54) is 0 Å². The van der Waals surface area contributed by atoms with Crippen LogP contribution in [0, 0.1) is 5.92 Å². The molecule has 0 spiro atoms. The molecule has 0 saturated heterocycles. The second-order valence-electron chi connectivity index (χ2n) is 2.57. The van der Waals surface area contributed by atoms with Crippen LogP contribution < -0.4 is 5.73 Å². The van der Waals surface area contributed by atoms with E-state index in [2.05, 4.69) is 0 Å². The van der Waals surface area contributed by atoms with Crippen LogP contribution in [-0.2, 0) is 4.79 Å². The Kier molecular flexibility index (Phi) is 12.7. The Morgan fingerprint density at radius 2 is 1.82 bits per heavy atom. The monoisotopic (exact) mass is 203 g/mol. The number of hydrogen-bond acceptors (Lipinski definition) is 2. The van der Waals surface area contributed by atoms with E-state index < -0.39 is 12.0 Å². The number of carboxylic acid groups (broad SMARTS) is 1. The Morgan fingerprint density at radius 1 is 1.45 bits per heavy atom. The lowest BCUT2D eigenvalue weighted by molar-refractivity contribution is -0.138. The molecule has 0 bridgehead atoms.